The number of aromatic nitrogens is 1. The number of halogens is 4. The summed E-state index contributed by atoms with van der Waals surface area (Å²) in [6, 6.07) is 11.7. The highest BCUT2D eigenvalue weighted by Crippen LogP contribution is 2.39. The number of benzene rings is 1. The molecule has 0 aliphatic heterocycles. The number of pyridine rings is 1. The van der Waals surface area contributed by atoms with Crippen molar-refractivity contribution in [1.29, 1.82) is 0 Å². The molecule has 2 aromatic rings. The second-order valence-corrected chi connectivity index (χ2v) is 9.54. The second-order valence-electron chi connectivity index (χ2n) is 9.54. The first-order valence-corrected chi connectivity index (χ1v) is 13.8. The zero-order valence-electron chi connectivity index (χ0n) is 24.9. The Morgan fingerprint density at radius 3 is 2.40 bits per heavy atom. The summed E-state index contributed by atoms with van der Waals surface area (Å²) in [6.45, 7) is 4.65. The SMILES string of the molecule is C/C=C(\C=C/CN/N=C(\C)F)C(=C(\CC(F)(F)F)c1ccccc1)/c1ccc(OCCNCC/C=C/C(=O)N(C)C)nc1. The van der Waals surface area contributed by atoms with Crippen LogP contribution in [0.1, 0.15) is 37.8 Å². The van der Waals surface area contributed by atoms with Crippen LogP contribution >= 0.6 is 0 Å². The topological polar surface area (TPSA) is 78.9 Å². The molecule has 7 nitrogen and oxygen atoms in total. The van der Waals surface area contributed by atoms with Gasteiger partial charge in [-0.15, -0.1) is 0 Å². The quantitative estimate of drug-likeness (QED) is 0.0586. The van der Waals surface area contributed by atoms with E-state index in [0.29, 0.717) is 54.3 Å². The maximum atomic E-state index is 13.9. The van der Waals surface area contributed by atoms with E-state index < -0.39 is 18.6 Å². The maximum Gasteiger partial charge on any atom is 0.393 e. The largest absolute Gasteiger partial charge is 0.476 e. The molecule has 1 aromatic heterocycles. The molecular formula is C32H39F4N5O2. The van der Waals surface area contributed by atoms with E-state index in [1.807, 2.05) is 0 Å². The summed E-state index contributed by atoms with van der Waals surface area (Å²) in [5.41, 5.74) is 4.46. The standard InChI is InChI=1S/C32H39F4N5O2/c1-5-25(14-11-19-39-40-24(2)33)31(28(22-32(34,35)36)26-12-7-6-8-13-26)27-16-17-29(38-23-27)43-21-20-37-18-10-9-15-30(42)41(3)4/h5-9,11-17,23,37,39H,10,18-22H2,1-4H3/b14-11-,15-9+,25-5+,31-28-,40-24+. The van der Waals surface area contributed by atoms with Crippen LogP contribution in [0.4, 0.5) is 17.6 Å². The van der Waals surface area contributed by atoms with Crippen LogP contribution < -0.4 is 15.5 Å². The van der Waals surface area contributed by atoms with E-state index in [2.05, 4.69) is 20.8 Å². The lowest BCUT2D eigenvalue weighted by molar-refractivity contribution is -0.124. The van der Waals surface area contributed by atoms with Crippen LogP contribution in [0.3, 0.4) is 0 Å². The van der Waals surface area contributed by atoms with E-state index in [1.165, 1.54) is 24.1 Å². The van der Waals surface area contributed by atoms with Gasteiger partial charge in [0.2, 0.25) is 17.8 Å². The number of ether oxygens (including phenoxy) is 1. The molecule has 0 atom stereocenters. The summed E-state index contributed by atoms with van der Waals surface area (Å²) in [5, 5.41) is 6.68. The summed E-state index contributed by atoms with van der Waals surface area (Å²) in [7, 11) is 3.38. The molecule has 0 aliphatic carbocycles. The van der Waals surface area contributed by atoms with Crippen molar-refractivity contribution in [2.45, 2.75) is 32.9 Å². The average molecular weight is 602 g/mol. The number of hydrazone groups is 1. The van der Waals surface area contributed by atoms with Crippen molar-refractivity contribution in [1.82, 2.24) is 20.6 Å². The van der Waals surface area contributed by atoms with E-state index in [4.69, 9.17) is 4.74 Å². The van der Waals surface area contributed by atoms with Gasteiger partial charge in [-0.3, -0.25) is 4.79 Å². The Bertz CT molecular complexity index is 1300. The van der Waals surface area contributed by atoms with Crippen molar-refractivity contribution < 1.29 is 27.1 Å². The fraction of sp³-hybridized carbons (Fsp3) is 0.344. The number of allylic oxidation sites excluding steroid dienone is 5. The predicted octanol–water partition coefficient (Wildman–Crippen LogP) is 6.34. The molecule has 0 radical (unpaired) electrons. The summed E-state index contributed by atoms with van der Waals surface area (Å²) in [5.74, 6) is -0.371. The number of rotatable bonds is 16. The smallest absolute Gasteiger partial charge is 0.393 e. The molecule has 0 bridgehead atoms. The van der Waals surface area contributed by atoms with Gasteiger partial charge in [-0.05, 0) is 54.3 Å². The Kier molecular flexibility index (Phi) is 14.9. The molecular weight excluding hydrogens is 562 g/mol. The highest BCUT2D eigenvalue weighted by Gasteiger charge is 2.31. The third-order valence-electron chi connectivity index (χ3n) is 5.88. The van der Waals surface area contributed by atoms with E-state index in [1.54, 1.807) is 87.8 Å². The van der Waals surface area contributed by atoms with Crippen LogP contribution in [-0.4, -0.2) is 68.3 Å². The number of carbonyl (C=O) groups is 1. The summed E-state index contributed by atoms with van der Waals surface area (Å²) >= 11 is 0. The van der Waals surface area contributed by atoms with Crippen molar-refractivity contribution in [2.75, 3.05) is 40.3 Å². The van der Waals surface area contributed by atoms with Crippen LogP contribution in [0, 0.1) is 0 Å². The van der Waals surface area contributed by atoms with Crippen molar-refractivity contribution >= 4 is 23.0 Å². The summed E-state index contributed by atoms with van der Waals surface area (Å²) < 4.78 is 60.2. The van der Waals surface area contributed by atoms with Gasteiger partial charge in [0.25, 0.3) is 0 Å². The lowest BCUT2D eigenvalue weighted by Gasteiger charge is -2.19. The minimum atomic E-state index is -4.46. The number of likely N-dealkylation sites (N-methyl/N-ethyl adjacent to an activating group) is 1. The normalized spacial score (nSPS) is 13.4. The van der Waals surface area contributed by atoms with Gasteiger partial charge in [0, 0.05) is 45.4 Å². The molecule has 2 rings (SSSR count). The van der Waals surface area contributed by atoms with E-state index >= 15 is 0 Å². The van der Waals surface area contributed by atoms with Crippen molar-refractivity contribution in [3.8, 4) is 5.88 Å². The lowest BCUT2D eigenvalue weighted by atomic mass is 9.87. The number of alkyl halides is 3. The predicted molar refractivity (Wildman–Crippen MR) is 164 cm³/mol. The fourth-order valence-corrected chi connectivity index (χ4v) is 3.89. The van der Waals surface area contributed by atoms with Crippen LogP contribution in [0.2, 0.25) is 0 Å². The van der Waals surface area contributed by atoms with Crippen molar-refractivity contribution in [2.24, 2.45) is 5.10 Å². The van der Waals surface area contributed by atoms with E-state index in [9.17, 15) is 22.4 Å². The molecule has 0 saturated heterocycles. The van der Waals surface area contributed by atoms with Gasteiger partial charge in [-0.25, -0.2) is 4.98 Å². The fourth-order valence-electron chi connectivity index (χ4n) is 3.89. The molecule has 1 amide bonds. The van der Waals surface area contributed by atoms with Gasteiger partial charge in [-0.2, -0.15) is 22.7 Å². The molecule has 43 heavy (non-hydrogen) atoms. The van der Waals surface area contributed by atoms with E-state index in [-0.39, 0.29) is 18.0 Å². The maximum absolute atomic E-state index is 13.9. The Morgan fingerprint density at radius 2 is 1.79 bits per heavy atom. The van der Waals surface area contributed by atoms with Crippen LogP contribution in [0.5, 0.6) is 5.88 Å². The Morgan fingerprint density at radius 1 is 1.05 bits per heavy atom. The lowest BCUT2D eigenvalue weighted by Crippen LogP contribution is -2.22. The Balaban J connectivity index is 2.26. The zero-order chi connectivity index (χ0) is 31.7. The monoisotopic (exact) mass is 601 g/mol. The minimum absolute atomic E-state index is 0.0712. The molecule has 1 heterocycles. The third-order valence-corrected chi connectivity index (χ3v) is 5.88. The molecule has 0 unspecified atom stereocenters. The number of amides is 1. The van der Waals surface area contributed by atoms with Crippen molar-refractivity contribution in [3.05, 3.63) is 95.7 Å². The molecule has 232 valence electrons. The number of carbonyl (C=O) groups excluding carboxylic acids is 1. The van der Waals surface area contributed by atoms with Gasteiger partial charge in [0.05, 0.1) is 13.0 Å². The molecule has 11 heteroatoms. The van der Waals surface area contributed by atoms with Gasteiger partial charge in [0.1, 0.15) is 6.61 Å². The van der Waals surface area contributed by atoms with Crippen LogP contribution in [0.15, 0.2) is 89.7 Å². The van der Waals surface area contributed by atoms with Crippen LogP contribution in [-0.2, 0) is 4.79 Å². The molecule has 1 aromatic carbocycles. The Labute approximate surface area is 250 Å². The van der Waals surface area contributed by atoms with Gasteiger partial charge < -0.3 is 20.4 Å². The minimum Gasteiger partial charge on any atom is -0.476 e. The number of nitrogens with one attached hydrogen (secondary N) is 2. The first-order chi connectivity index (χ1) is 20.5. The van der Waals surface area contributed by atoms with Crippen LogP contribution in [0.25, 0.3) is 11.1 Å². The number of nitrogens with zero attached hydrogens (tertiary/aromatic N) is 3. The number of hydrogen-bond acceptors (Lipinski definition) is 6. The number of hydrogen-bond donors (Lipinski definition) is 2. The second kappa shape index (κ2) is 18.3. The highest BCUT2D eigenvalue weighted by molar-refractivity contribution is 5.99. The molecule has 0 spiro atoms. The highest BCUT2D eigenvalue weighted by atomic mass is 19.4. The first kappa shape index (κ1) is 34.9. The molecule has 0 fully saturated rings. The van der Waals surface area contributed by atoms with Gasteiger partial charge in [0.15, 0.2) is 0 Å². The van der Waals surface area contributed by atoms with Crippen molar-refractivity contribution in [3.63, 3.8) is 0 Å². The van der Waals surface area contributed by atoms with E-state index in [0.717, 1.165) is 0 Å². The zero-order valence-corrected chi connectivity index (χ0v) is 24.9. The third kappa shape index (κ3) is 13.5. The molecule has 0 saturated carbocycles. The Hall–Kier alpha value is -4.25. The molecule has 2 N–H and O–H groups in total. The first-order valence-electron chi connectivity index (χ1n) is 13.8. The van der Waals surface area contributed by atoms with Gasteiger partial charge >= 0.3 is 6.18 Å². The molecule has 0 aliphatic rings. The van der Waals surface area contributed by atoms with Gasteiger partial charge in [-0.1, -0.05) is 54.6 Å². The summed E-state index contributed by atoms with van der Waals surface area (Å²) in [4.78, 5) is 17.4. The summed E-state index contributed by atoms with van der Waals surface area (Å²) in [6.07, 6.45) is 4.94. The average Bonchev–Trinajstić information content (AvgIpc) is 2.97.